The van der Waals surface area contributed by atoms with Crippen molar-refractivity contribution in [3.8, 4) is 11.4 Å². The first-order chi connectivity index (χ1) is 13.2. The van der Waals surface area contributed by atoms with Crippen LogP contribution in [0, 0.1) is 0 Å². The SMILES string of the molecule is O=C(c1cccnc1)N1CCC[C@H](c2nc(-c3ccccn3)cc(=O)[nH]2)C1. The molecule has 1 fully saturated rings. The van der Waals surface area contributed by atoms with Crippen LogP contribution in [0.2, 0.25) is 0 Å². The smallest absolute Gasteiger partial charge is 0.255 e. The van der Waals surface area contributed by atoms with Gasteiger partial charge in [0.15, 0.2) is 0 Å². The molecule has 0 spiro atoms. The quantitative estimate of drug-likeness (QED) is 0.772. The van der Waals surface area contributed by atoms with Gasteiger partial charge in [0.2, 0.25) is 0 Å². The Morgan fingerprint density at radius 2 is 2.07 bits per heavy atom. The van der Waals surface area contributed by atoms with Crippen LogP contribution in [0.3, 0.4) is 0 Å². The van der Waals surface area contributed by atoms with Gasteiger partial charge in [-0.05, 0) is 37.1 Å². The maximum Gasteiger partial charge on any atom is 0.255 e. The van der Waals surface area contributed by atoms with Gasteiger partial charge in [0.25, 0.3) is 11.5 Å². The molecule has 7 nitrogen and oxygen atoms in total. The molecular weight excluding hydrogens is 342 g/mol. The average molecular weight is 361 g/mol. The number of carbonyl (C=O) groups excluding carboxylic acids is 1. The van der Waals surface area contributed by atoms with E-state index in [9.17, 15) is 9.59 Å². The average Bonchev–Trinajstić information content (AvgIpc) is 2.74. The zero-order valence-corrected chi connectivity index (χ0v) is 14.7. The summed E-state index contributed by atoms with van der Waals surface area (Å²) in [6, 6.07) is 10.5. The van der Waals surface area contributed by atoms with Crippen molar-refractivity contribution in [3.63, 3.8) is 0 Å². The molecule has 4 rings (SSSR count). The highest BCUT2D eigenvalue weighted by Crippen LogP contribution is 2.26. The van der Waals surface area contributed by atoms with E-state index in [2.05, 4.69) is 19.9 Å². The standard InChI is InChI=1S/C20H19N5O2/c26-18-11-17(16-7-1-2-9-22-16)23-19(24-18)15-6-4-10-25(13-15)20(27)14-5-3-8-21-12-14/h1-3,5,7-9,11-12,15H,4,6,10,13H2,(H,23,24,26)/t15-/m0/s1. The van der Waals surface area contributed by atoms with Crippen LogP contribution < -0.4 is 5.56 Å². The molecule has 4 heterocycles. The van der Waals surface area contributed by atoms with Crippen LogP contribution in [-0.4, -0.2) is 43.8 Å². The normalized spacial score (nSPS) is 16.9. The van der Waals surface area contributed by atoms with Gasteiger partial charge in [0.1, 0.15) is 5.82 Å². The van der Waals surface area contributed by atoms with Crippen LogP contribution in [0.4, 0.5) is 0 Å². The van der Waals surface area contributed by atoms with E-state index in [-0.39, 0.29) is 17.4 Å². The maximum absolute atomic E-state index is 12.7. The monoisotopic (exact) mass is 361 g/mol. The Morgan fingerprint density at radius 1 is 1.15 bits per heavy atom. The Labute approximate surface area is 156 Å². The Morgan fingerprint density at radius 3 is 2.85 bits per heavy atom. The minimum Gasteiger partial charge on any atom is -0.338 e. The molecule has 0 radical (unpaired) electrons. The van der Waals surface area contributed by atoms with Crippen molar-refractivity contribution in [2.75, 3.05) is 13.1 Å². The van der Waals surface area contributed by atoms with Crippen LogP contribution in [0.25, 0.3) is 11.4 Å². The van der Waals surface area contributed by atoms with Crippen molar-refractivity contribution < 1.29 is 4.79 Å². The summed E-state index contributed by atoms with van der Waals surface area (Å²) < 4.78 is 0. The molecule has 0 saturated carbocycles. The number of likely N-dealkylation sites (tertiary alicyclic amines) is 1. The van der Waals surface area contributed by atoms with Crippen molar-refractivity contribution >= 4 is 5.91 Å². The lowest BCUT2D eigenvalue weighted by Gasteiger charge is -2.32. The number of hydrogen-bond donors (Lipinski definition) is 1. The summed E-state index contributed by atoms with van der Waals surface area (Å²) in [6.45, 7) is 1.21. The number of amides is 1. The van der Waals surface area contributed by atoms with Crippen LogP contribution >= 0.6 is 0 Å². The molecule has 0 aromatic carbocycles. The molecular formula is C20H19N5O2. The highest BCUT2D eigenvalue weighted by atomic mass is 16.2. The van der Waals surface area contributed by atoms with Crippen LogP contribution in [0.5, 0.6) is 0 Å². The second-order valence-electron chi connectivity index (χ2n) is 6.56. The van der Waals surface area contributed by atoms with E-state index in [1.807, 2.05) is 18.2 Å². The molecule has 1 N–H and O–H groups in total. The minimum atomic E-state index is -0.212. The molecule has 3 aromatic heterocycles. The van der Waals surface area contributed by atoms with E-state index in [1.54, 1.807) is 35.6 Å². The van der Waals surface area contributed by atoms with Crippen molar-refractivity contribution in [2.45, 2.75) is 18.8 Å². The predicted molar refractivity (Wildman–Crippen MR) is 100 cm³/mol. The van der Waals surface area contributed by atoms with Gasteiger partial charge >= 0.3 is 0 Å². The first-order valence-corrected chi connectivity index (χ1v) is 8.92. The van der Waals surface area contributed by atoms with E-state index in [0.717, 1.165) is 12.8 Å². The fourth-order valence-corrected chi connectivity index (χ4v) is 3.37. The molecule has 1 aliphatic heterocycles. The summed E-state index contributed by atoms with van der Waals surface area (Å²) >= 11 is 0. The Kier molecular flexibility index (Phi) is 4.74. The minimum absolute atomic E-state index is 0.0178. The number of rotatable bonds is 3. The molecule has 0 bridgehead atoms. The molecule has 1 saturated heterocycles. The number of nitrogens with zero attached hydrogens (tertiary/aromatic N) is 4. The second kappa shape index (κ2) is 7.49. The predicted octanol–water partition coefficient (Wildman–Crippen LogP) is 2.25. The molecule has 0 aliphatic carbocycles. The van der Waals surface area contributed by atoms with E-state index in [1.165, 1.54) is 6.07 Å². The third kappa shape index (κ3) is 3.76. The van der Waals surface area contributed by atoms with Crippen LogP contribution in [0.15, 0.2) is 59.8 Å². The van der Waals surface area contributed by atoms with Gasteiger partial charge in [-0.1, -0.05) is 6.07 Å². The molecule has 27 heavy (non-hydrogen) atoms. The highest BCUT2D eigenvalue weighted by molar-refractivity contribution is 5.94. The summed E-state index contributed by atoms with van der Waals surface area (Å²) in [4.78, 5) is 42.4. The number of carbonyl (C=O) groups is 1. The van der Waals surface area contributed by atoms with Crippen molar-refractivity contribution in [2.24, 2.45) is 0 Å². The number of aromatic amines is 1. The summed E-state index contributed by atoms with van der Waals surface area (Å²) in [5.41, 5.74) is 1.56. The number of piperidine rings is 1. The summed E-state index contributed by atoms with van der Waals surface area (Å²) in [5, 5.41) is 0. The van der Waals surface area contributed by atoms with Crippen LogP contribution in [-0.2, 0) is 0 Å². The summed E-state index contributed by atoms with van der Waals surface area (Å²) in [6.07, 6.45) is 6.62. The van der Waals surface area contributed by atoms with Gasteiger partial charge in [0, 0.05) is 43.7 Å². The molecule has 3 aromatic rings. The van der Waals surface area contributed by atoms with E-state index < -0.39 is 0 Å². The van der Waals surface area contributed by atoms with Crippen molar-refractivity contribution in [1.82, 2.24) is 24.8 Å². The van der Waals surface area contributed by atoms with Crippen molar-refractivity contribution in [3.05, 3.63) is 76.7 Å². The largest absolute Gasteiger partial charge is 0.338 e. The molecule has 136 valence electrons. The Balaban J connectivity index is 1.59. The Hall–Kier alpha value is -3.35. The summed E-state index contributed by atoms with van der Waals surface area (Å²) in [5.74, 6) is 0.540. The topological polar surface area (TPSA) is 91.8 Å². The number of hydrogen-bond acceptors (Lipinski definition) is 5. The van der Waals surface area contributed by atoms with Gasteiger partial charge in [0.05, 0.1) is 17.0 Å². The first kappa shape index (κ1) is 17.1. The number of H-pyrrole nitrogens is 1. The van der Waals surface area contributed by atoms with Gasteiger partial charge < -0.3 is 9.88 Å². The molecule has 1 amide bonds. The fraction of sp³-hybridized carbons (Fsp3) is 0.250. The lowest BCUT2D eigenvalue weighted by Crippen LogP contribution is -2.40. The van der Waals surface area contributed by atoms with Gasteiger partial charge in [-0.25, -0.2) is 4.98 Å². The fourth-order valence-electron chi connectivity index (χ4n) is 3.37. The molecule has 0 unspecified atom stereocenters. The van der Waals surface area contributed by atoms with Gasteiger partial charge in [-0.2, -0.15) is 0 Å². The first-order valence-electron chi connectivity index (χ1n) is 8.92. The Bertz CT molecular complexity index is 988. The maximum atomic E-state index is 12.7. The van der Waals surface area contributed by atoms with E-state index in [0.29, 0.717) is 35.9 Å². The molecule has 1 atom stereocenters. The molecule has 1 aliphatic rings. The number of pyridine rings is 2. The lowest BCUT2D eigenvalue weighted by atomic mass is 9.96. The molecule has 7 heteroatoms. The van der Waals surface area contributed by atoms with E-state index in [4.69, 9.17) is 0 Å². The number of nitrogens with one attached hydrogen (secondary N) is 1. The summed E-state index contributed by atoms with van der Waals surface area (Å²) in [7, 11) is 0. The zero-order valence-electron chi connectivity index (χ0n) is 14.7. The van der Waals surface area contributed by atoms with Crippen LogP contribution in [0.1, 0.15) is 34.9 Å². The van der Waals surface area contributed by atoms with E-state index >= 15 is 0 Å². The van der Waals surface area contributed by atoms with Gasteiger partial charge in [-0.15, -0.1) is 0 Å². The lowest BCUT2D eigenvalue weighted by molar-refractivity contribution is 0.0704. The zero-order chi connectivity index (χ0) is 18.6. The second-order valence-corrected chi connectivity index (χ2v) is 6.56. The van der Waals surface area contributed by atoms with Gasteiger partial charge in [-0.3, -0.25) is 19.6 Å². The number of aromatic nitrogens is 4. The van der Waals surface area contributed by atoms with Crippen molar-refractivity contribution in [1.29, 1.82) is 0 Å². The third-order valence-corrected chi connectivity index (χ3v) is 4.69. The highest BCUT2D eigenvalue weighted by Gasteiger charge is 2.27. The third-order valence-electron chi connectivity index (χ3n) is 4.69.